The molecule has 0 atom stereocenters. The number of para-hydroxylation sites is 2. The molecular formula is C27H20ClN3O3S. The number of halogens is 1. The standard InChI is InChI=1S/C27H20ClN3O3S/c1-33-23-14-13-21(28)25-24(23)30-27(35-25)31(17-18-8-7-15-29-16-18)26(32)20-11-5-6-12-22(20)34-19-9-3-2-4-10-19/h2-16H,17H2,1H3. The van der Waals surface area contributed by atoms with Gasteiger partial charge in [-0.25, -0.2) is 4.98 Å². The number of benzene rings is 3. The fourth-order valence-electron chi connectivity index (χ4n) is 3.62. The minimum Gasteiger partial charge on any atom is -0.494 e. The Balaban J connectivity index is 1.59. The van der Waals surface area contributed by atoms with Gasteiger partial charge in [-0.15, -0.1) is 0 Å². The maximum absolute atomic E-state index is 14.0. The number of ether oxygens (including phenoxy) is 2. The Morgan fingerprint density at radius 2 is 1.77 bits per heavy atom. The van der Waals surface area contributed by atoms with Crippen molar-refractivity contribution < 1.29 is 14.3 Å². The van der Waals surface area contributed by atoms with Crippen LogP contribution in [0.15, 0.2) is 91.3 Å². The predicted octanol–water partition coefficient (Wildman–Crippen LogP) is 6.99. The molecule has 8 heteroatoms. The topological polar surface area (TPSA) is 64.5 Å². The third kappa shape index (κ3) is 4.82. The smallest absolute Gasteiger partial charge is 0.264 e. The number of hydrogen-bond acceptors (Lipinski definition) is 6. The second-order valence-electron chi connectivity index (χ2n) is 7.59. The highest BCUT2D eigenvalue weighted by atomic mass is 35.5. The summed E-state index contributed by atoms with van der Waals surface area (Å²) in [7, 11) is 1.58. The zero-order valence-corrected chi connectivity index (χ0v) is 20.3. The van der Waals surface area contributed by atoms with E-state index < -0.39 is 0 Å². The van der Waals surface area contributed by atoms with Gasteiger partial charge < -0.3 is 9.47 Å². The summed E-state index contributed by atoms with van der Waals surface area (Å²) >= 11 is 7.79. The highest BCUT2D eigenvalue weighted by molar-refractivity contribution is 7.23. The normalized spacial score (nSPS) is 10.8. The summed E-state index contributed by atoms with van der Waals surface area (Å²) in [5.74, 6) is 1.43. The molecule has 0 bridgehead atoms. The lowest BCUT2D eigenvalue weighted by Gasteiger charge is -2.21. The van der Waals surface area contributed by atoms with Crippen molar-refractivity contribution in [1.29, 1.82) is 0 Å². The molecule has 0 aliphatic heterocycles. The van der Waals surface area contributed by atoms with E-state index in [2.05, 4.69) is 4.98 Å². The van der Waals surface area contributed by atoms with E-state index in [0.29, 0.717) is 38.5 Å². The van der Waals surface area contributed by atoms with Gasteiger partial charge in [-0.1, -0.05) is 59.3 Å². The van der Waals surface area contributed by atoms with Gasteiger partial charge in [0.05, 0.1) is 28.9 Å². The van der Waals surface area contributed by atoms with Crippen LogP contribution in [0.2, 0.25) is 5.02 Å². The molecule has 0 radical (unpaired) electrons. The van der Waals surface area contributed by atoms with Crippen LogP contribution in [-0.2, 0) is 6.54 Å². The second kappa shape index (κ2) is 10.1. The van der Waals surface area contributed by atoms with Gasteiger partial charge in [-0.05, 0) is 48.0 Å². The molecule has 1 amide bonds. The molecule has 0 aliphatic rings. The molecule has 0 N–H and O–H groups in total. The van der Waals surface area contributed by atoms with E-state index in [1.54, 1.807) is 48.7 Å². The Hall–Kier alpha value is -3.94. The third-order valence-electron chi connectivity index (χ3n) is 5.30. The maximum Gasteiger partial charge on any atom is 0.264 e. The first-order valence-electron chi connectivity index (χ1n) is 10.8. The maximum atomic E-state index is 14.0. The molecule has 0 saturated carbocycles. The van der Waals surface area contributed by atoms with Crippen molar-refractivity contribution in [2.24, 2.45) is 0 Å². The summed E-state index contributed by atoms with van der Waals surface area (Å²) in [4.78, 5) is 24.6. The number of aromatic nitrogens is 2. The third-order valence-corrected chi connectivity index (χ3v) is 6.83. The lowest BCUT2D eigenvalue weighted by molar-refractivity contribution is 0.0983. The van der Waals surface area contributed by atoms with E-state index >= 15 is 0 Å². The molecule has 0 spiro atoms. The minimum absolute atomic E-state index is 0.255. The average molecular weight is 502 g/mol. The Labute approximate surface area is 211 Å². The van der Waals surface area contributed by atoms with Gasteiger partial charge in [-0.3, -0.25) is 14.7 Å². The highest BCUT2D eigenvalue weighted by Crippen LogP contribution is 2.40. The van der Waals surface area contributed by atoms with Gasteiger partial charge >= 0.3 is 0 Å². The molecule has 0 unspecified atom stereocenters. The molecule has 6 nitrogen and oxygen atoms in total. The highest BCUT2D eigenvalue weighted by Gasteiger charge is 2.26. The van der Waals surface area contributed by atoms with E-state index in [4.69, 9.17) is 26.1 Å². The van der Waals surface area contributed by atoms with Crippen LogP contribution in [0.3, 0.4) is 0 Å². The van der Waals surface area contributed by atoms with E-state index in [1.807, 2.05) is 54.6 Å². The summed E-state index contributed by atoms with van der Waals surface area (Å²) in [5.41, 5.74) is 1.88. The monoisotopic (exact) mass is 501 g/mol. The predicted molar refractivity (Wildman–Crippen MR) is 139 cm³/mol. The summed E-state index contributed by atoms with van der Waals surface area (Å²) in [6.07, 6.45) is 3.43. The zero-order chi connectivity index (χ0) is 24.2. The number of pyridine rings is 1. The van der Waals surface area contributed by atoms with E-state index in [-0.39, 0.29) is 12.5 Å². The van der Waals surface area contributed by atoms with Gasteiger partial charge in [0, 0.05) is 12.4 Å². The van der Waals surface area contributed by atoms with Crippen LogP contribution in [0.5, 0.6) is 17.2 Å². The van der Waals surface area contributed by atoms with Crippen molar-refractivity contribution in [3.63, 3.8) is 0 Å². The molecule has 0 fully saturated rings. The number of thiazole rings is 1. The van der Waals surface area contributed by atoms with E-state index in [0.717, 1.165) is 10.3 Å². The number of carbonyl (C=O) groups excluding carboxylic acids is 1. The SMILES string of the molecule is COc1ccc(Cl)c2sc(N(Cc3cccnc3)C(=O)c3ccccc3Oc3ccccc3)nc12. The number of nitrogens with zero attached hydrogens (tertiary/aromatic N) is 3. The van der Waals surface area contributed by atoms with Crippen molar-refractivity contribution in [2.45, 2.75) is 6.54 Å². The Morgan fingerprint density at radius 1 is 0.971 bits per heavy atom. The van der Waals surface area contributed by atoms with Crippen molar-refractivity contribution in [3.8, 4) is 17.2 Å². The van der Waals surface area contributed by atoms with Crippen LogP contribution in [-0.4, -0.2) is 23.0 Å². The molecule has 174 valence electrons. The van der Waals surface area contributed by atoms with E-state index in [9.17, 15) is 4.79 Å². The van der Waals surface area contributed by atoms with Gasteiger partial charge in [0.25, 0.3) is 5.91 Å². The first kappa shape index (κ1) is 22.8. The van der Waals surface area contributed by atoms with Gasteiger partial charge in [0.1, 0.15) is 22.8 Å². The van der Waals surface area contributed by atoms with Crippen LogP contribution in [0, 0.1) is 0 Å². The molecule has 35 heavy (non-hydrogen) atoms. The van der Waals surface area contributed by atoms with Gasteiger partial charge in [0.15, 0.2) is 5.13 Å². The molecule has 0 aliphatic carbocycles. The first-order chi connectivity index (χ1) is 17.1. The zero-order valence-electron chi connectivity index (χ0n) is 18.7. The molecule has 5 aromatic rings. The largest absolute Gasteiger partial charge is 0.494 e. The first-order valence-corrected chi connectivity index (χ1v) is 12.0. The molecule has 5 rings (SSSR count). The number of fused-ring (bicyclic) bond motifs is 1. The lowest BCUT2D eigenvalue weighted by Crippen LogP contribution is -2.30. The molecule has 3 aromatic carbocycles. The van der Waals surface area contributed by atoms with Gasteiger partial charge in [0.2, 0.25) is 0 Å². The second-order valence-corrected chi connectivity index (χ2v) is 8.97. The number of rotatable bonds is 7. The van der Waals surface area contributed by atoms with Crippen LogP contribution in [0.4, 0.5) is 5.13 Å². The molecule has 2 aromatic heterocycles. The van der Waals surface area contributed by atoms with E-state index in [1.165, 1.54) is 11.3 Å². The average Bonchev–Trinajstić information content (AvgIpc) is 3.35. The number of hydrogen-bond donors (Lipinski definition) is 0. The minimum atomic E-state index is -0.255. The van der Waals surface area contributed by atoms with Crippen molar-refractivity contribution >= 4 is 44.2 Å². The summed E-state index contributed by atoms with van der Waals surface area (Å²) < 4.78 is 12.3. The fraction of sp³-hybridized carbons (Fsp3) is 0.0741. The molecular weight excluding hydrogens is 482 g/mol. The van der Waals surface area contributed by atoms with Crippen molar-refractivity contribution in [1.82, 2.24) is 9.97 Å². The van der Waals surface area contributed by atoms with Crippen LogP contribution in [0.25, 0.3) is 10.2 Å². The van der Waals surface area contributed by atoms with Crippen LogP contribution in [0.1, 0.15) is 15.9 Å². The molecule has 2 heterocycles. The number of anilines is 1. The number of carbonyl (C=O) groups is 1. The Morgan fingerprint density at radius 3 is 2.54 bits per heavy atom. The number of amides is 1. The summed E-state index contributed by atoms with van der Waals surface area (Å²) in [5, 5.41) is 1.04. The lowest BCUT2D eigenvalue weighted by atomic mass is 10.1. The van der Waals surface area contributed by atoms with Gasteiger partial charge in [-0.2, -0.15) is 0 Å². The quantitative estimate of drug-likeness (QED) is 0.240. The Bertz CT molecular complexity index is 1480. The van der Waals surface area contributed by atoms with Crippen LogP contribution >= 0.6 is 22.9 Å². The summed E-state index contributed by atoms with van der Waals surface area (Å²) in [6, 6.07) is 23.8. The van der Waals surface area contributed by atoms with Crippen molar-refractivity contribution in [3.05, 3.63) is 107 Å². The fourth-order valence-corrected chi connectivity index (χ4v) is 4.87. The van der Waals surface area contributed by atoms with Crippen molar-refractivity contribution in [2.75, 3.05) is 12.0 Å². The molecule has 0 saturated heterocycles. The van der Waals surface area contributed by atoms with Crippen LogP contribution < -0.4 is 14.4 Å². The Kier molecular flexibility index (Phi) is 6.61. The summed E-state index contributed by atoms with van der Waals surface area (Å²) in [6.45, 7) is 0.270. The number of methoxy groups -OCH3 is 1.